The van der Waals surface area contributed by atoms with Crippen LogP contribution in [0.3, 0.4) is 0 Å². The van der Waals surface area contributed by atoms with Crippen LogP contribution in [0.15, 0.2) is 23.0 Å². The lowest BCUT2D eigenvalue weighted by Gasteiger charge is -2.73. The minimum Gasteiger partial charge on any atom is -0.472 e. The highest BCUT2D eigenvalue weighted by Crippen LogP contribution is 2.82. The van der Waals surface area contributed by atoms with E-state index in [1.165, 1.54) is 6.92 Å². The Labute approximate surface area is 250 Å². The number of aliphatic hydroxyl groups excluding tert-OH is 3. The van der Waals surface area contributed by atoms with Crippen molar-refractivity contribution in [1.82, 2.24) is 0 Å². The minimum absolute atomic E-state index is 0.0305. The molecule has 43 heavy (non-hydrogen) atoms. The first-order valence-electron chi connectivity index (χ1n) is 15.4. The molecule has 6 aliphatic rings. The molecule has 2 aliphatic heterocycles. The van der Waals surface area contributed by atoms with Gasteiger partial charge in [-0.3, -0.25) is 14.4 Å². The molecule has 1 spiro atoms. The van der Waals surface area contributed by atoms with E-state index in [1.807, 2.05) is 13.0 Å². The van der Waals surface area contributed by atoms with Gasteiger partial charge in [-0.1, -0.05) is 27.7 Å². The number of ketones is 1. The predicted octanol–water partition coefficient (Wildman–Crippen LogP) is 2.10. The van der Waals surface area contributed by atoms with Crippen molar-refractivity contribution in [3.63, 3.8) is 0 Å². The fraction of sp³-hybridized carbons (Fsp3) is 0.781. The largest absolute Gasteiger partial charge is 0.472 e. The van der Waals surface area contributed by atoms with Gasteiger partial charge in [0.05, 0.1) is 48.8 Å². The summed E-state index contributed by atoms with van der Waals surface area (Å²) in [7, 11) is 0. The van der Waals surface area contributed by atoms with Gasteiger partial charge >= 0.3 is 11.9 Å². The summed E-state index contributed by atoms with van der Waals surface area (Å²) < 4.78 is 29.8. The normalized spacial score (nSPS) is 52.9. The molecule has 0 amide bonds. The van der Waals surface area contributed by atoms with E-state index in [0.717, 1.165) is 5.56 Å². The third kappa shape index (κ3) is 3.20. The quantitative estimate of drug-likeness (QED) is 0.341. The number of furan rings is 1. The first kappa shape index (κ1) is 29.4. The molecule has 4 saturated carbocycles. The summed E-state index contributed by atoms with van der Waals surface area (Å²) in [6.07, 6.45) is -2.80. The topological polar surface area (TPSA) is 165 Å². The Balaban J connectivity index is 1.38. The maximum atomic E-state index is 14.7. The maximum Gasteiger partial charge on any atom is 0.310 e. The van der Waals surface area contributed by atoms with E-state index in [-0.39, 0.29) is 37.3 Å². The molecule has 7 rings (SSSR count). The van der Waals surface area contributed by atoms with Gasteiger partial charge in [-0.25, -0.2) is 0 Å². The lowest BCUT2D eigenvalue weighted by molar-refractivity contribution is -0.389. The van der Waals surface area contributed by atoms with Crippen LogP contribution in [0.5, 0.6) is 0 Å². The number of Topliss-reactive ketones (excluding diaryl/α,β-unsaturated/α-hetero) is 1. The number of fused-ring (bicyclic) bond motifs is 1. The van der Waals surface area contributed by atoms with Crippen LogP contribution in [0.1, 0.15) is 72.3 Å². The highest BCUT2D eigenvalue weighted by Gasteiger charge is 2.90. The average molecular weight is 603 g/mol. The molecular formula is C32H42O11. The monoisotopic (exact) mass is 602 g/mol. The minimum atomic E-state index is -1.61. The van der Waals surface area contributed by atoms with Crippen LogP contribution in [-0.4, -0.2) is 82.1 Å². The second kappa shape index (κ2) is 8.90. The Bertz CT molecular complexity index is 1360. The van der Waals surface area contributed by atoms with Crippen molar-refractivity contribution in [2.75, 3.05) is 6.61 Å². The zero-order chi connectivity index (χ0) is 31.1. The predicted molar refractivity (Wildman–Crippen MR) is 146 cm³/mol. The first-order chi connectivity index (χ1) is 20.1. The van der Waals surface area contributed by atoms with E-state index >= 15 is 0 Å². The second-order valence-corrected chi connectivity index (χ2v) is 14.9. The molecule has 236 valence electrons. The van der Waals surface area contributed by atoms with Crippen molar-refractivity contribution in [2.24, 2.45) is 39.4 Å². The zero-order valence-electron chi connectivity index (χ0n) is 25.4. The van der Waals surface area contributed by atoms with Gasteiger partial charge in [0, 0.05) is 35.5 Å². The maximum absolute atomic E-state index is 14.7. The molecule has 11 nitrogen and oxygen atoms in total. The Morgan fingerprint density at radius 1 is 1.09 bits per heavy atom. The SMILES string of the molecule is CC(=O)OC1C(O)C(O)C23COC(OC(=O)C(C)C)C1(C)C2CC(O)C1(C)C3C(=O)CC2(C)C(c3ccoc3)CC3OC321. The number of epoxide rings is 1. The van der Waals surface area contributed by atoms with Gasteiger partial charge in [-0.05, 0) is 43.2 Å². The van der Waals surface area contributed by atoms with Crippen molar-refractivity contribution < 1.29 is 53.1 Å². The van der Waals surface area contributed by atoms with E-state index < -0.39 is 87.7 Å². The van der Waals surface area contributed by atoms with Gasteiger partial charge in [-0.2, -0.15) is 0 Å². The number of hydrogen-bond donors (Lipinski definition) is 3. The average Bonchev–Trinajstić information content (AvgIpc) is 3.30. The van der Waals surface area contributed by atoms with Crippen LogP contribution in [0.25, 0.3) is 0 Å². The molecule has 11 heteroatoms. The van der Waals surface area contributed by atoms with Gasteiger partial charge in [0.2, 0.25) is 6.29 Å². The standard InChI is InChI=1S/C32H42O11/c1-14(2)26(38)42-27-29(5)19-10-20(35)30(6)23(31(19,13-40-27)24(37)22(36)25(29)41-15(3)33)18(34)11-28(4)17(16-7-8-39-12-16)9-21-32(28,30)43-21/h7-8,12,14,17,19-25,27,35-37H,9-11,13H2,1-6H3. The molecule has 0 radical (unpaired) electrons. The van der Waals surface area contributed by atoms with Crippen LogP contribution >= 0.6 is 0 Å². The number of esters is 2. The van der Waals surface area contributed by atoms with Gasteiger partial charge in [0.25, 0.3) is 0 Å². The molecule has 1 aromatic rings. The molecular weight excluding hydrogens is 560 g/mol. The molecule has 14 atom stereocenters. The number of carbonyl (C=O) groups is 3. The first-order valence-corrected chi connectivity index (χ1v) is 15.4. The summed E-state index contributed by atoms with van der Waals surface area (Å²) in [4.78, 5) is 39.8. The Morgan fingerprint density at radius 3 is 2.44 bits per heavy atom. The Kier molecular flexibility index (Phi) is 6.09. The van der Waals surface area contributed by atoms with E-state index in [1.54, 1.807) is 33.3 Å². The van der Waals surface area contributed by atoms with Gasteiger partial charge in [0.15, 0.2) is 0 Å². The van der Waals surface area contributed by atoms with Crippen LogP contribution in [-0.2, 0) is 33.3 Å². The summed E-state index contributed by atoms with van der Waals surface area (Å²) in [6, 6.07) is 1.91. The summed E-state index contributed by atoms with van der Waals surface area (Å²) in [5.74, 6) is -3.59. The second-order valence-electron chi connectivity index (χ2n) is 14.9. The van der Waals surface area contributed by atoms with Crippen LogP contribution in [0.4, 0.5) is 0 Å². The molecule has 6 fully saturated rings. The molecule has 2 bridgehead atoms. The lowest BCUT2D eigenvalue weighted by Crippen LogP contribution is -2.83. The highest BCUT2D eigenvalue weighted by molar-refractivity contribution is 5.87. The summed E-state index contributed by atoms with van der Waals surface area (Å²) >= 11 is 0. The summed E-state index contributed by atoms with van der Waals surface area (Å²) in [5, 5.41) is 36.1. The Morgan fingerprint density at radius 2 is 1.81 bits per heavy atom. The molecule has 4 aliphatic carbocycles. The van der Waals surface area contributed by atoms with Crippen molar-refractivity contribution >= 4 is 17.7 Å². The zero-order valence-corrected chi connectivity index (χ0v) is 25.4. The van der Waals surface area contributed by atoms with E-state index in [0.29, 0.717) is 6.42 Å². The smallest absolute Gasteiger partial charge is 0.310 e. The van der Waals surface area contributed by atoms with Gasteiger partial charge in [0.1, 0.15) is 23.6 Å². The molecule has 2 saturated heterocycles. The molecule has 14 unspecified atom stereocenters. The number of hydrogen-bond acceptors (Lipinski definition) is 11. The number of aliphatic hydroxyl groups is 3. The molecule has 3 heterocycles. The third-order valence-corrected chi connectivity index (χ3v) is 12.9. The van der Waals surface area contributed by atoms with Crippen molar-refractivity contribution in [1.29, 1.82) is 0 Å². The van der Waals surface area contributed by atoms with Crippen molar-refractivity contribution in [2.45, 2.75) is 109 Å². The van der Waals surface area contributed by atoms with E-state index in [9.17, 15) is 29.7 Å². The molecule has 0 aromatic carbocycles. The number of carbonyl (C=O) groups excluding carboxylic acids is 3. The van der Waals surface area contributed by atoms with Crippen LogP contribution in [0.2, 0.25) is 0 Å². The van der Waals surface area contributed by atoms with E-state index in [4.69, 9.17) is 23.4 Å². The van der Waals surface area contributed by atoms with Crippen LogP contribution < -0.4 is 0 Å². The fourth-order valence-electron chi connectivity index (χ4n) is 11.2. The molecule has 3 N–H and O–H groups in total. The van der Waals surface area contributed by atoms with Crippen molar-refractivity contribution in [3.8, 4) is 0 Å². The number of rotatable bonds is 4. The highest BCUT2D eigenvalue weighted by atomic mass is 16.7. The van der Waals surface area contributed by atoms with Crippen molar-refractivity contribution in [3.05, 3.63) is 24.2 Å². The van der Waals surface area contributed by atoms with Crippen LogP contribution in [0, 0.1) is 39.4 Å². The van der Waals surface area contributed by atoms with Gasteiger partial charge < -0.3 is 38.7 Å². The fourth-order valence-corrected chi connectivity index (χ4v) is 11.2. The summed E-state index contributed by atoms with van der Waals surface area (Å²) in [5.41, 5.74) is -4.45. The summed E-state index contributed by atoms with van der Waals surface area (Å²) in [6.45, 7) is 9.99. The third-order valence-electron chi connectivity index (χ3n) is 12.9. The van der Waals surface area contributed by atoms with E-state index in [2.05, 4.69) is 6.92 Å². The van der Waals surface area contributed by atoms with Gasteiger partial charge in [-0.15, -0.1) is 0 Å². The lowest BCUT2D eigenvalue weighted by atomic mass is 9.33. The number of ether oxygens (including phenoxy) is 4. The Hall–Kier alpha value is -2.31. The molecule has 1 aromatic heterocycles.